The third-order valence-corrected chi connectivity index (χ3v) is 4.33. The van der Waals surface area contributed by atoms with Crippen LogP contribution in [-0.2, 0) is 0 Å². The third-order valence-electron chi connectivity index (χ3n) is 4.33. The number of nitrogens with one attached hydrogen (secondary N) is 1. The van der Waals surface area contributed by atoms with Crippen molar-refractivity contribution in [2.75, 3.05) is 16.8 Å². The predicted octanol–water partition coefficient (Wildman–Crippen LogP) is 2.30. The molecule has 0 radical (unpaired) electrons. The predicted molar refractivity (Wildman–Crippen MR) is 89.4 cm³/mol. The second kappa shape index (κ2) is 6.49. The lowest BCUT2D eigenvalue weighted by atomic mass is 10.2. The van der Waals surface area contributed by atoms with Crippen molar-refractivity contribution in [3.63, 3.8) is 0 Å². The molecular formula is C16H14F3N7O. The van der Waals surface area contributed by atoms with E-state index in [9.17, 15) is 18.0 Å². The number of carbonyl (C=O) groups excluding carboxylic acids is 1. The summed E-state index contributed by atoms with van der Waals surface area (Å²) < 4.78 is 40.9. The molecule has 1 saturated heterocycles. The maximum Gasteiger partial charge on any atom is 0.408 e. The summed E-state index contributed by atoms with van der Waals surface area (Å²) in [5.74, 6) is -0.0890. The van der Waals surface area contributed by atoms with Crippen molar-refractivity contribution in [3.8, 4) is 0 Å². The normalized spacial score (nSPS) is 17.4. The Hall–Kier alpha value is -3.24. The fourth-order valence-corrected chi connectivity index (χ4v) is 3.10. The Labute approximate surface area is 151 Å². The van der Waals surface area contributed by atoms with Crippen LogP contribution < -0.4 is 10.2 Å². The Morgan fingerprint density at radius 1 is 1.22 bits per heavy atom. The van der Waals surface area contributed by atoms with Crippen molar-refractivity contribution in [3.05, 3.63) is 42.6 Å². The van der Waals surface area contributed by atoms with Crippen molar-refractivity contribution >= 4 is 23.2 Å². The molecule has 0 aromatic carbocycles. The van der Waals surface area contributed by atoms with Gasteiger partial charge in [-0.3, -0.25) is 4.79 Å². The van der Waals surface area contributed by atoms with Gasteiger partial charge in [-0.25, -0.2) is 19.5 Å². The lowest BCUT2D eigenvalue weighted by Crippen LogP contribution is -2.41. The van der Waals surface area contributed by atoms with E-state index in [1.807, 2.05) is 0 Å². The molecule has 1 amide bonds. The minimum absolute atomic E-state index is 0.0220. The largest absolute Gasteiger partial charge is 0.408 e. The molecule has 1 aliphatic heterocycles. The molecule has 0 aliphatic carbocycles. The topological polar surface area (TPSA) is 88.3 Å². The summed E-state index contributed by atoms with van der Waals surface area (Å²) in [6.45, 7) is 0.250. The van der Waals surface area contributed by atoms with Crippen LogP contribution in [0.15, 0.2) is 36.9 Å². The minimum Gasteiger partial charge on any atom is -0.343 e. The zero-order valence-corrected chi connectivity index (χ0v) is 13.9. The molecule has 27 heavy (non-hydrogen) atoms. The summed E-state index contributed by atoms with van der Waals surface area (Å²) in [5.41, 5.74) is 0.447. The highest BCUT2D eigenvalue weighted by Crippen LogP contribution is 2.35. The van der Waals surface area contributed by atoms with Gasteiger partial charge in [0.05, 0.1) is 6.20 Å². The lowest BCUT2D eigenvalue weighted by Gasteiger charge is -2.27. The van der Waals surface area contributed by atoms with Crippen molar-refractivity contribution in [2.45, 2.75) is 25.1 Å². The summed E-state index contributed by atoms with van der Waals surface area (Å²) >= 11 is 0. The molecule has 0 bridgehead atoms. The first-order chi connectivity index (χ1) is 12.9. The van der Waals surface area contributed by atoms with Gasteiger partial charge in [-0.2, -0.15) is 13.2 Å². The Balaban J connectivity index is 1.66. The van der Waals surface area contributed by atoms with E-state index >= 15 is 0 Å². The SMILES string of the molecule is O=C(Nc1ccncn1)c1cnc2ccc(N3CCCC3C(F)(F)F)nn12. The smallest absolute Gasteiger partial charge is 0.343 e. The fraction of sp³-hybridized carbons (Fsp3) is 0.312. The number of fused-ring (bicyclic) bond motifs is 1. The number of rotatable bonds is 3. The summed E-state index contributed by atoms with van der Waals surface area (Å²) in [6, 6.07) is 2.95. The average Bonchev–Trinajstić information content (AvgIpc) is 3.29. The Morgan fingerprint density at radius 3 is 2.81 bits per heavy atom. The number of nitrogens with zero attached hydrogens (tertiary/aromatic N) is 6. The Kier molecular flexibility index (Phi) is 4.13. The number of aromatic nitrogens is 5. The van der Waals surface area contributed by atoms with Gasteiger partial charge in [0, 0.05) is 12.7 Å². The number of carbonyl (C=O) groups is 1. The number of hydrogen-bond donors (Lipinski definition) is 1. The Morgan fingerprint density at radius 2 is 2.07 bits per heavy atom. The van der Waals surface area contributed by atoms with Gasteiger partial charge in [-0.05, 0) is 31.0 Å². The number of hydrogen-bond acceptors (Lipinski definition) is 6. The summed E-state index contributed by atoms with van der Waals surface area (Å²) in [7, 11) is 0. The van der Waals surface area contributed by atoms with Crippen LogP contribution in [0.5, 0.6) is 0 Å². The van der Waals surface area contributed by atoms with Crippen molar-refractivity contribution in [2.24, 2.45) is 0 Å². The van der Waals surface area contributed by atoms with E-state index in [0.29, 0.717) is 12.1 Å². The maximum atomic E-state index is 13.2. The molecule has 11 heteroatoms. The molecule has 4 rings (SSSR count). The molecule has 1 fully saturated rings. The Bertz CT molecular complexity index is 973. The lowest BCUT2D eigenvalue weighted by molar-refractivity contribution is -0.146. The van der Waals surface area contributed by atoms with E-state index in [-0.39, 0.29) is 30.3 Å². The second-order valence-corrected chi connectivity index (χ2v) is 6.05. The highest BCUT2D eigenvalue weighted by molar-refractivity contribution is 6.02. The fourth-order valence-electron chi connectivity index (χ4n) is 3.10. The van der Waals surface area contributed by atoms with Gasteiger partial charge in [0.15, 0.2) is 11.3 Å². The average molecular weight is 377 g/mol. The van der Waals surface area contributed by atoms with Crippen molar-refractivity contribution in [1.29, 1.82) is 0 Å². The highest BCUT2D eigenvalue weighted by atomic mass is 19.4. The zero-order chi connectivity index (χ0) is 19.0. The number of alkyl halides is 3. The van der Waals surface area contributed by atoms with Gasteiger partial charge in [0.2, 0.25) is 0 Å². The van der Waals surface area contributed by atoms with E-state index in [1.165, 1.54) is 46.3 Å². The van der Waals surface area contributed by atoms with E-state index in [2.05, 4.69) is 25.4 Å². The first kappa shape index (κ1) is 17.2. The molecular weight excluding hydrogens is 363 g/mol. The van der Waals surface area contributed by atoms with Crippen molar-refractivity contribution in [1.82, 2.24) is 24.6 Å². The van der Waals surface area contributed by atoms with Crippen LogP contribution in [0.4, 0.5) is 24.8 Å². The highest BCUT2D eigenvalue weighted by Gasteiger charge is 2.46. The van der Waals surface area contributed by atoms with E-state index in [0.717, 1.165) is 0 Å². The number of anilines is 2. The van der Waals surface area contributed by atoms with Crippen LogP contribution in [0.3, 0.4) is 0 Å². The van der Waals surface area contributed by atoms with Crippen LogP contribution in [-0.4, -0.2) is 49.2 Å². The van der Waals surface area contributed by atoms with Gasteiger partial charge in [0.1, 0.15) is 24.0 Å². The minimum atomic E-state index is -4.34. The molecule has 1 aliphatic rings. The molecule has 1 atom stereocenters. The van der Waals surface area contributed by atoms with E-state index in [1.54, 1.807) is 0 Å². The molecule has 4 heterocycles. The first-order valence-electron chi connectivity index (χ1n) is 8.19. The summed E-state index contributed by atoms with van der Waals surface area (Å²) in [5, 5.41) is 6.80. The van der Waals surface area contributed by atoms with Crippen LogP contribution in [0, 0.1) is 0 Å². The third kappa shape index (κ3) is 3.27. The van der Waals surface area contributed by atoms with Gasteiger partial charge in [0.25, 0.3) is 5.91 Å². The van der Waals surface area contributed by atoms with Crippen LogP contribution in [0.2, 0.25) is 0 Å². The molecule has 8 nitrogen and oxygen atoms in total. The van der Waals surface area contributed by atoms with Gasteiger partial charge in [-0.15, -0.1) is 5.10 Å². The molecule has 3 aromatic heterocycles. The van der Waals surface area contributed by atoms with E-state index in [4.69, 9.17) is 0 Å². The van der Waals surface area contributed by atoms with Crippen molar-refractivity contribution < 1.29 is 18.0 Å². The van der Waals surface area contributed by atoms with E-state index < -0.39 is 18.1 Å². The summed E-state index contributed by atoms with van der Waals surface area (Å²) in [6.07, 6.45) is 0.176. The number of imidazole rings is 1. The maximum absolute atomic E-state index is 13.2. The number of amides is 1. The molecule has 1 unspecified atom stereocenters. The zero-order valence-electron chi connectivity index (χ0n) is 13.9. The monoisotopic (exact) mass is 377 g/mol. The molecule has 3 aromatic rings. The molecule has 1 N–H and O–H groups in total. The molecule has 0 saturated carbocycles. The summed E-state index contributed by atoms with van der Waals surface area (Å²) in [4.78, 5) is 25.4. The second-order valence-electron chi connectivity index (χ2n) is 6.05. The molecule has 140 valence electrons. The van der Waals surface area contributed by atoms with Gasteiger partial charge in [-0.1, -0.05) is 0 Å². The van der Waals surface area contributed by atoms with Crippen LogP contribution in [0.1, 0.15) is 23.3 Å². The quantitative estimate of drug-likeness (QED) is 0.754. The first-order valence-corrected chi connectivity index (χ1v) is 8.19. The number of halogens is 3. The van der Waals surface area contributed by atoms with Crippen LogP contribution in [0.25, 0.3) is 5.65 Å². The standard InChI is InChI=1S/C16H14F3N7O/c17-16(18,19)11-2-1-7-25(11)14-4-3-13-21-8-10(26(13)24-14)15(27)23-12-5-6-20-9-22-12/h3-6,8-9,11H,1-2,7H2,(H,20,22,23,27). The van der Waals surface area contributed by atoms with Crippen LogP contribution >= 0.6 is 0 Å². The van der Waals surface area contributed by atoms with Gasteiger partial charge >= 0.3 is 6.18 Å². The van der Waals surface area contributed by atoms with Gasteiger partial charge < -0.3 is 10.2 Å². The molecule has 0 spiro atoms.